The summed E-state index contributed by atoms with van der Waals surface area (Å²) in [5, 5.41) is 4.16. The summed E-state index contributed by atoms with van der Waals surface area (Å²) in [6.07, 6.45) is -1.74. The highest BCUT2D eigenvalue weighted by atomic mass is 127. The first kappa shape index (κ1) is 14.2. The fraction of sp³-hybridized carbons (Fsp3) is 0.0769. The number of hydrogen-bond donors (Lipinski definition) is 0. The minimum Gasteiger partial charge on any atom is -0.252 e. The van der Waals surface area contributed by atoms with E-state index < -0.39 is 17.6 Å². The normalized spacial score (nSPS) is 12.0. The van der Waals surface area contributed by atoms with E-state index in [-0.39, 0.29) is 11.3 Å². The summed E-state index contributed by atoms with van der Waals surface area (Å²) >= 11 is 2.02. The van der Waals surface area contributed by atoms with Crippen LogP contribution in [0.15, 0.2) is 36.7 Å². The molecule has 0 unspecified atom stereocenters. The molecule has 8 heteroatoms. The number of halogens is 5. The minimum atomic E-state index is -4.74. The third-order valence-electron chi connectivity index (χ3n) is 2.88. The highest BCUT2D eigenvalue weighted by Gasteiger charge is 2.34. The Bertz CT molecular complexity index is 826. The fourth-order valence-corrected chi connectivity index (χ4v) is 2.46. The molecule has 0 fully saturated rings. The second-order valence-electron chi connectivity index (χ2n) is 4.30. The van der Waals surface area contributed by atoms with Crippen molar-refractivity contribution >= 4 is 28.1 Å². The van der Waals surface area contributed by atoms with Gasteiger partial charge in [-0.3, -0.25) is 4.98 Å². The van der Waals surface area contributed by atoms with Crippen LogP contribution in [0.4, 0.5) is 17.6 Å². The smallest absolute Gasteiger partial charge is 0.252 e. The van der Waals surface area contributed by atoms with Gasteiger partial charge in [0.15, 0.2) is 0 Å². The predicted molar refractivity (Wildman–Crippen MR) is 76.1 cm³/mol. The van der Waals surface area contributed by atoms with Crippen LogP contribution in [0.1, 0.15) is 5.56 Å². The third kappa shape index (κ3) is 2.71. The highest BCUT2D eigenvalue weighted by Crippen LogP contribution is 2.33. The average Bonchev–Trinajstić information content (AvgIpc) is 2.77. The summed E-state index contributed by atoms with van der Waals surface area (Å²) in [6, 6.07) is 4.57. The standard InChI is InChI=1S/C13H6F4IN3/c14-10-2-1-7(3-9(10)13(15,16)17)11-6-21-8(5-19-11)4-12(18)20-21/h1-6H. The molecule has 0 saturated carbocycles. The van der Waals surface area contributed by atoms with Crippen LogP contribution in [-0.4, -0.2) is 14.6 Å². The molecule has 0 aliphatic carbocycles. The summed E-state index contributed by atoms with van der Waals surface area (Å²) in [7, 11) is 0. The van der Waals surface area contributed by atoms with Crippen LogP contribution in [0.25, 0.3) is 16.8 Å². The maximum absolute atomic E-state index is 13.3. The van der Waals surface area contributed by atoms with E-state index >= 15 is 0 Å². The molecule has 2 aromatic heterocycles. The Balaban J connectivity index is 2.13. The molecule has 3 aromatic rings. The molecule has 108 valence electrons. The third-order valence-corrected chi connectivity index (χ3v) is 3.41. The quantitative estimate of drug-likeness (QED) is 0.448. The summed E-state index contributed by atoms with van der Waals surface area (Å²) in [4.78, 5) is 4.09. The Kier molecular flexibility index (Phi) is 3.34. The molecule has 0 amide bonds. The van der Waals surface area contributed by atoms with Crippen molar-refractivity contribution in [3.05, 3.63) is 51.7 Å². The molecule has 0 aliphatic heterocycles. The van der Waals surface area contributed by atoms with Crippen molar-refractivity contribution in [3.63, 3.8) is 0 Å². The first-order valence-electron chi connectivity index (χ1n) is 5.72. The van der Waals surface area contributed by atoms with Gasteiger partial charge in [-0.25, -0.2) is 8.91 Å². The number of fused-ring (bicyclic) bond motifs is 1. The SMILES string of the molecule is Fc1ccc(-c2cn3nc(I)cc3cn2)cc1C(F)(F)F. The lowest BCUT2D eigenvalue weighted by molar-refractivity contribution is -0.139. The molecule has 2 heterocycles. The highest BCUT2D eigenvalue weighted by molar-refractivity contribution is 14.1. The van der Waals surface area contributed by atoms with Crippen LogP contribution in [0.5, 0.6) is 0 Å². The molecule has 0 bridgehead atoms. The van der Waals surface area contributed by atoms with Gasteiger partial charge >= 0.3 is 6.18 Å². The molecular formula is C13H6F4IN3. The molecule has 3 nitrogen and oxygen atoms in total. The van der Waals surface area contributed by atoms with E-state index in [0.717, 1.165) is 21.4 Å². The monoisotopic (exact) mass is 407 g/mol. The van der Waals surface area contributed by atoms with Gasteiger partial charge < -0.3 is 0 Å². The lowest BCUT2D eigenvalue weighted by Gasteiger charge is -2.10. The van der Waals surface area contributed by atoms with Crippen LogP contribution >= 0.6 is 22.6 Å². The van der Waals surface area contributed by atoms with E-state index in [1.807, 2.05) is 22.6 Å². The van der Waals surface area contributed by atoms with Gasteiger partial charge in [-0.2, -0.15) is 18.3 Å². The lowest BCUT2D eigenvalue weighted by Crippen LogP contribution is -2.08. The van der Waals surface area contributed by atoms with E-state index in [0.29, 0.717) is 0 Å². The summed E-state index contributed by atoms with van der Waals surface area (Å²) in [6.45, 7) is 0. The summed E-state index contributed by atoms with van der Waals surface area (Å²) in [5.41, 5.74) is -0.123. The topological polar surface area (TPSA) is 30.2 Å². The van der Waals surface area contributed by atoms with Crippen LogP contribution in [-0.2, 0) is 6.18 Å². The van der Waals surface area contributed by atoms with Gasteiger partial charge in [0.1, 0.15) is 9.52 Å². The summed E-state index contributed by atoms with van der Waals surface area (Å²) < 4.78 is 53.7. The van der Waals surface area contributed by atoms with Crippen molar-refractivity contribution in [2.75, 3.05) is 0 Å². The Morgan fingerprint density at radius 2 is 1.90 bits per heavy atom. The van der Waals surface area contributed by atoms with Gasteiger partial charge in [-0.15, -0.1) is 0 Å². The van der Waals surface area contributed by atoms with Crippen molar-refractivity contribution in [1.82, 2.24) is 14.6 Å². The zero-order chi connectivity index (χ0) is 15.2. The molecule has 0 spiro atoms. The van der Waals surface area contributed by atoms with Crippen molar-refractivity contribution in [3.8, 4) is 11.3 Å². The van der Waals surface area contributed by atoms with Crippen LogP contribution in [0, 0.1) is 9.52 Å². The maximum Gasteiger partial charge on any atom is 0.419 e. The average molecular weight is 407 g/mol. The van der Waals surface area contributed by atoms with Gasteiger partial charge in [0.05, 0.1) is 29.2 Å². The Morgan fingerprint density at radius 1 is 1.14 bits per heavy atom. The zero-order valence-corrected chi connectivity index (χ0v) is 12.4. The molecule has 0 aliphatic rings. The molecule has 0 N–H and O–H groups in total. The minimum absolute atomic E-state index is 0.177. The lowest BCUT2D eigenvalue weighted by atomic mass is 10.1. The van der Waals surface area contributed by atoms with Crippen molar-refractivity contribution < 1.29 is 17.6 Å². The number of benzene rings is 1. The first-order valence-corrected chi connectivity index (χ1v) is 6.80. The number of nitrogens with zero attached hydrogens (tertiary/aromatic N) is 3. The van der Waals surface area contributed by atoms with Gasteiger partial charge in [0.25, 0.3) is 0 Å². The van der Waals surface area contributed by atoms with E-state index in [2.05, 4.69) is 10.1 Å². The molecule has 21 heavy (non-hydrogen) atoms. The molecular weight excluding hydrogens is 401 g/mol. The molecule has 1 aromatic carbocycles. The first-order chi connectivity index (χ1) is 9.84. The number of hydrogen-bond acceptors (Lipinski definition) is 2. The van der Waals surface area contributed by atoms with E-state index in [4.69, 9.17) is 0 Å². The van der Waals surface area contributed by atoms with Crippen LogP contribution < -0.4 is 0 Å². The van der Waals surface area contributed by atoms with Crippen molar-refractivity contribution in [2.24, 2.45) is 0 Å². The van der Waals surface area contributed by atoms with Crippen molar-refractivity contribution in [1.29, 1.82) is 0 Å². The van der Waals surface area contributed by atoms with Gasteiger partial charge in [0, 0.05) is 5.56 Å². The Hall–Kier alpha value is -1.71. The van der Waals surface area contributed by atoms with Crippen LogP contribution in [0.2, 0.25) is 0 Å². The van der Waals surface area contributed by atoms with Gasteiger partial charge in [-0.1, -0.05) is 0 Å². The molecule has 0 radical (unpaired) electrons. The van der Waals surface area contributed by atoms with Gasteiger partial charge in [0.2, 0.25) is 0 Å². The second-order valence-corrected chi connectivity index (χ2v) is 5.41. The second kappa shape index (κ2) is 4.93. The van der Waals surface area contributed by atoms with Crippen LogP contribution in [0.3, 0.4) is 0 Å². The Labute approximate surface area is 129 Å². The molecule has 0 saturated heterocycles. The maximum atomic E-state index is 13.3. The fourth-order valence-electron chi connectivity index (χ4n) is 1.91. The number of alkyl halides is 3. The van der Waals surface area contributed by atoms with Crippen molar-refractivity contribution in [2.45, 2.75) is 6.18 Å². The number of rotatable bonds is 1. The van der Waals surface area contributed by atoms with E-state index in [1.54, 1.807) is 6.07 Å². The summed E-state index contributed by atoms with van der Waals surface area (Å²) in [5.74, 6) is -1.30. The van der Waals surface area contributed by atoms with E-state index in [9.17, 15) is 17.6 Å². The van der Waals surface area contributed by atoms with E-state index in [1.165, 1.54) is 23.0 Å². The Morgan fingerprint density at radius 3 is 2.62 bits per heavy atom. The largest absolute Gasteiger partial charge is 0.419 e. The molecule has 0 atom stereocenters. The predicted octanol–water partition coefficient (Wildman–Crippen LogP) is 4.16. The molecule has 3 rings (SSSR count). The van der Waals surface area contributed by atoms with Gasteiger partial charge in [-0.05, 0) is 46.9 Å². The number of aromatic nitrogens is 3. The zero-order valence-electron chi connectivity index (χ0n) is 10.2.